The summed E-state index contributed by atoms with van der Waals surface area (Å²) in [5.41, 5.74) is 2.66. The lowest BCUT2D eigenvalue weighted by Crippen LogP contribution is -2.21. The Labute approximate surface area is 238 Å². The number of anilines is 2. The first kappa shape index (κ1) is 28.8. The maximum absolute atomic E-state index is 14.7. The third kappa shape index (κ3) is 8.15. The number of carbonyl (C=O) groups is 2. The van der Waals surface area contributed by atoms with Gasteiger partial charge in [0.2, 0.25) is 15.6 Å². The number of aliphatic hydroxyl groups excluding tert-OH is 1. The summed E-state index contributed by atoms with van der Waals surface area (Å²) >= 11 is 16.8. The zero-order chi connectivity index (χ0) is 28.2. The van der Waals surface area contributed by atoms with Crippen LogP contribution in [0.1, 0.15) is 18.4 Å². The van der Waals surface area contributed by atoms with E-state index in [0.29, 0.717) is 33.8 Å². The molecule has 4 rings (SSSR count). The van der Waals surface area contributed by atoms with E-state index in [-0.39, 0.29) is 36.6 Å². The van der Waals surface area contributed by atoms with Crippen LogP contribution in [0.2, 0.25) is 0 Å². The summed E-state index contributed by atoms with van der Waals surface area (Å²) in [4.78, 5) is 33.1. The minimum absolute atomic E-state index is 0.000808. The van der Waals surface area contributed by atoms with E-state index in [9.17, 15) is 19.1 Å². The summed E-state index contributed by atoms with van der Waals surface area (Å²) in [6, 6.07) is 9.48. The Morgan fingerprint density at radius 3 is 2.59 bits per heavy atom. The molecule has 1 saturated carbocycles. The quantitative estimate of drug-likeness (QED) is 0.263. The summed E-state index contributed by atoms with van der Waals surface area (Å²) < 4.78 is 23.3. The molecule has 2 amide bonds. The molecule has 3 aromatic rings. The Balaban J connectivity index is 1.68. The van der Waals surface area contributed by atoms with Gasteiger partial charge in [0.1, 0.15) is 24.8 Å². The second-order valence-corrected chi connectivity index (χ2v) is 11.3. The molecule has 2 aromatic heterocycles. The Kier molecular flexibility index (Phi) is 9.12. The number of nitrogens with one attached hydrogen (secondary N) is 2. The average molecular weight is 598 g/mol. The number of amides is 2. The molecule has 0 saturated heterocycles. The number of aliphatic hydroxyl groups is 1. The van der Waals surface area contributed by atoms with Gasteiger partial charge in [-0.2, -0.15) is 0 Å². The van der Waals surface area contributed by atoms with Crippen molar-refractivity contribution in [2.24, 2.45) is 5.92 Å². The van der Waals surface area contributed by atoms with Gasteiger partial charge in [-0.1, -0.05) is 34.8 Å². The molecule has 2 heterocycles. The van der Waals surface area contributed by atoms with E-state index in [1.54, 1.807) is 37.4 Å². The van der Waals surface area contributed by atoms with Gasteiger partial charge in [0.25, 0.3) is 0 Å². The second-order valence-electron chi connectivity index (χ2n) is 8.81. The van der Waals surface area contributed by atoms with E-state index in [1.165, 1.54) is 12.1 Å². The SMILES string of the molecule is Cc1cc(F)c(NC(=O)OCC(Cl)(Cl)Cl)cc1-c1cc(OCCO)nc(-c2ccnc(NC(=O)C3CC3)c2)c1. The van der Waals surface area contributed by atoms with E-state index in [0.717, 1.165) is 12.8 Å². The third-order valence-corrected chi connectivity index (χ3v) is 5.95. The zero-order valence-corrected chi connectivity index (χ0v) is 22.9. The van der Waals surface area contributed by atoms with Crippen LogP contribution in [0, 0.1) is 18.7 Å². The molecular formula is C26H24Cl3FN4O5. The number of alkyl halides is 3. The molecule has 0 aliphatic heterocycles. The van der Waals surface area contributed by atoms with E-state index in [1.807, 2.05) is 0 Å². The fourth-order valence-corrected chi connectivity index (χ4v) is 3.80. The molecule has 39 heavy (non-hydrogen) atoms. The monoisotopic (exact) mass is 596 g/mol. The normalized spacial score (nSPS) is 13.1. The predicted molar refractivity (Wildman–Crippen MR) is 147 cm³/mol. The van der Waals surface area contributed by atoms with Crippen LogP contribution in [-0.4, -0.2) is 50.7 Å². The molecule has 0 bridgehead atoms. The highest BCUT2D eigenvalue weighted by molar-refractivity contribution is 6.67. The van der Waals surface area contributed by atoms with E-state index in [2.05, 4.69) is 20.6 Å². The van der Waals surface area contributed by atoms with Crippen LogP contribution in [0.3, 0.4) is 0 Å². The fourth-order valence-electron chi connectivity index (χ4n) is 3.64. The first-order chi connectivity index (χ1) is 18.5. The van der Waals surface area contributed by atoms with Crippen LogP contribution in [0.4, 0.5) is 20.7 Å². The van der Waals surface area contributed by atoms with Crippen LogP contribution in [-0.2, 0) is 9.53 Å². The van der Waals surface area contributed by atoms with Gasteiger partial charge in [-0.05, 0) is 66.8 Å². The van der Waals surface area contributed by atoms with Crippen molar-refractivity contribution in [1.29, 1.82) is 0 Å². The van der Waals surface area contributed by atoms with Crippen molar-refractivity contribution < 1.29 is 28.6 Å². The average Bonchev–Trinajstić information content (AvgIpc) is 3.73. The third-order valence-electron chi connectivity index (χ3n) is 5.63. The number of hydrogen-bond acceptors (Lipinski definition) is 7. The molecular weight excluding hydrogens is 574 g/mol. The van der Waals surface area contributed by atoms with Crippen molar-refractivity contribution in [3.05, 3.63) is 54.0 Å². The van der Waals surface area contributed by atoms with E-state index in [4.69, 9.17) is 44.3 Å². The standard InChI is InChI=1S/C26H24Cl3FN4O5/c1-14-8-19(30)21(33-25(37)39-13-26(27,28)29)12-18(14)17-9-20(32-23(11-17)38-7-6-35)16-4-5-31-22(10-16)34-24(36)15-2-3-15/h4-5,8-12,15,35H,2-3,6-7,13H2,1H3,(H,33,37)(H,31,34,36). The van der Waals surface area contributed by atoms with Crippen LogP contribution in [0.25, 0.3) is 22.4 Å². The number of aromatic nitrogens is 2. The number of halogens is 4. The number of ether oxygens (including phenoxy) is 2. The predicted octanol–water partition coefficient (Wildman–Crippen LogP) is 5.90. The van der Waals surface area contributed by atoms with Crippen molar-refractivity contribution in [2.45, 2.75) is 23.6 Å². The Morgan fingerprint density at radius 2 is 1.90 bits per heavy atom. The first-order valence-corrected chi connectivity index (χ1v) is 13.0. The van der Waals surface area contributed by atoms with Crippen molar-refractivity contribution in [3.63, 3.8) is 0 Å². The van der Waals surface area contributed by atoms with Gasteiger partial charge in [-0.25, -0.2) is 19.2 Å². The number of rotatable bonds is 9. The van der Waals surface area contributed by atoms with Crippen LogP contribution < -0.4 is 15.4 Å². The molecule has 0 spiro atoms. The fraction of sp³-hybridized carbons (Fsp3) is 0.308. The van der Waals surface area contributed by atoms with Crippen LogP contribution >= 0.6 is 34.8 Å². The number of benzene rings is 1. The number of carbonyl (C=O) groups excluding carboxylic acids is 2. The molecule has 0 radical (unpaired) electrons. The maximum Gasteiger partial charge on any atom is 0.411 e. The minimum Gasteiger partial charge on any atom is -0.475 e. The van der Waals surface area contributed by atoms with Gasteiger partial charge >= 0.3 is 6.09 Å². The smallest absolute Gasteiger partial charge is 0.411 e. The number of nitrogens with zero attached hydrogens (tertiary/aromatic N) is 2. The maximum atomic E-state index is 14.7. The molecule has 1 aliphatic carbocycles. The van der Waals surface area contributed by atoms with E-state index >= 15 is 0 Å². The van der Waals surface area contributed by atoms with Gasteiger partial charge in [0, 0.05) is 23.7 Å². The molecule has 0 unspecified atom stereocenters. The molecule has 0 atom stereocenters. The zero-order valence-electron chi connectivity index (χ0n) is 20.6. The molecule has 13 heteroatoms. The lowest BCUT2D eigenvalue weighted by molar-refractivity contribution is -0.117. The topological polar surface area (TPSA) is 123 Å². The van der Waals surface area contributed by atoms with Gasteiger partial charge in [0.15, 0.2) is 0 Å². The molecule has 9 nitrogen and oxygen atoms in total. The van der Waals surface area contributed by atoms with Crippen molar-refractivity contribution in [2.75, 3.05) is 30.5 Å². The summed E-state index contributed by atoms with van der Waals surface area (Å²) in [7, 11) is 0. The minimum atomic E-state index is -1.82. The second kappa shape index (κ2) is 12.3. The number of hydrogen-bond donors (Lipinski definition) is 3. The summed E-state index contributed by atoms with van der Waals surface area (Å²) in [5, 5.41) is 14.4. The summed E-state index contributed by atoms with van der Waals surface area (Å²) in [6.07, 6.45) is 2.27. The van der Waals surface area contributed by atoms with Gasteiger partial charge in [-0.15, -0.1) is 0 Å². The highest BCUT2D eigenvalue weighted by atomic mass is 35.6. The Morgan fingerprint density at radius 1 is 1.13 bits per heavy atom. The molecule has 1 aromatic carbocycles. The number of aryl methyl sites for hydroxylation is 1. The molecule has 3 N–H and O–H groups in total. The van der Waals surface area contributed by atoms with Gasteiger partial charge in [0.05, 0.1) is 18.0 Å². The lowest BCUT2D eigenvalue weighted by atomic mass is 9.98. The molecule has 1 fully saturated rings. The summed E-state index contributed by atoms with van der Waals surface area (Å²) in [5.74, 6) is -0.176. The summed E-state index contributed by atoms with van der Waals surface area (Å²) in [6.45, 7) is 0.945. The highest BCUT2D eigenvalue weighted by Gasteiger charge is 2.30. The van der Waals surface area contributed by atoms with Crippen molar-refractivity contribution in [3.8, 4) is 28.3 Å². The van der Waals surface area contributed by atoms with Crippen molar-refractivity contribution in [1.82, 2.24) is 9.97 Å². The molecule has 1 aliphatic rings. The van der Waals surface area contributed by atoms with Gasteiger partial charge < -0.3 is 19.9 Å². The number of pyridine rings is 2. The van der Waals surface area contributed by atoms with E-state index < -0.39 is 22.3 Å². The van der Waals surface area contributed by atoms with Crippen molar-refractivity contribution >= 4 is 58.3 Å². The highest BCUT2D eigenvalue weighted by Crippen LogP contribution is 2.35. The van der Waals surface area contributed by atoms with Crippen LogP contribution in [0.15, 0.2) is 42.6 Å². The Bertz CT molecular complexity index is 1380. The van der Waals surface area contributed by atoms with Gasteiger partial charge in [-0.3, -0.25) is 10.1 Å². The van der Waals surface area contributed by atoms with Crippen LogP contribution in [0.5, 0.6) is 5.88 Å². The lowest BCUT2D eigenvalue weighted by Gasteiger charge is -2.15. The Hall–Kier alpha value is -3.18. The first-order valence-electron chi connectivity index (χ1n) is 11.9. The molecule has 206 valence electrons. The largest absolute Gasteiger partial charge is 0.475 e.